The molecule has 0 saturated heterocycles. The van der Waals surface area contributed by atoms with Gasteiger partial charge >= 0.3 is 0 Å². The molecule has 1 heterocycles. The van der Waals surface area contributed by atoms with Gasteiger partial charge < -0.3 is 15.0 Å². The molecule has 0 aliphatic rings. The van der Waals surface area contributed by atoms with E-state index in [2.05, 4.69) is 9.88 Å². The van der Waals surface area contributed by atoms with Crippen molar-refractivity contribution >= 4 is 10.0 Å². The lowest BCUT2D eigenvalue weighted by atomic mass is 10.2. The van der Waals surface area contributed by atoms with E-state index < -0.39 is 10.0 Å². The first-order chi connectivity index (χ1) is 9.56. The van der Waals surface area contributed by atoms with E-state index >= 15 is 0 Å². The summed E-state index contributed by atoms with van der Waals surface area (Å²) >= 11 is 0. The van der Waals surface area contributed by atoms with E-state index in [9.17, 15) is 8.42 Å². The van der Waals surface area contributed by atoms with Crippen LogP contribution < -0.4 is 15.2 Å². The van der Waals surface area contributed by atoms with Crippen molar-refractivity contribution in [2.75, 3.05) is 7.11 Å². The lowest BCUT2D eigenvalue weighted by molar-refractivity contribution is 0.379. The number of ether oxygens (including phenoxy) is 1. The van der Waals surface area contributed by atoms with Crippen LogP contribution in [0.25, 0.3) is 0 Å². The zero-order valence-corrected chi connectivity index (χ0v) is 11.7. The molecule has 0 saturated carbocycles. The summed E-state index contributed by atoms with van der Waals surface area (Å²) in [7, 11) is -2.30. The molecule has 1 aromatic carbocycles. The van der Waals surface area contributed by atoms with E-state index in [1.54, 1.807) is 18.2 Å². The Bertz CT molecular complexity index is 668. The van der Waals surface area contributed by atoms with Gasteiger partial charge in [0.05, 0.1) is 19.9 Å². The second-order valence-electron chi connectivity index (χ2n) is 3.99. The molecule has 0 amide bonds. The van der Waals surface area contributed by atoms with Crippen LogP contribution in [0.1, 0.15) is 11.3 Å². The molecule has 2 rings (SSSR count). The van der Waals surface area contributed by atoms with Crippen LogP contribution in [0.15, 0.2) is 39.9 Å². The fourth-order valence-electron chi connectivity index (χ4n) is 1.64. The minimum atomic E-state index is -3.71. The van der Waals surface area contributed by atoms with Gasteiger partial charge in [0.1, 0.15) is 10.6 Å². The topological polar surface area (TPSA) is 107 Å². The van der Waals surface area contributed by atoms with E-state index in [1.807, 2.05) is 0 Å². The average molecular weight is 297 g/mol. The molecule has 0 atom stereocenters. The number of hydrogen-bond acceptors (Lipinski definition) is 6. The smallest absolute Gasteiger partial charge is 0.244 e. The molecule has 0 spiro atoms. The quantitative estimate of drug-likeness (QED) is 0.809. The second-order valence-corrected chi connectivity index (χ2v) is 5.73. The maximum Gasteiger partial charge on any atom is 0.244 e. The highest BCUT2D eigenvalue weighted by Gasteiger charge is 2.20. The number of hydrogen-bond donors (Lipinski definition) is 2. The third kappa shape index (κ3) is 3.16. The summed E-state index contributed by atoms with van der Waals surface area (Å²) in [4.78, 5) is 0.0525. The van der Waals surface area contributed by atoms with E-state index in [0.29, 0.717) is 12.3 Å². The Morgan fingerprint density at radius 3 is 2.80 bits per heavy atom. The molecule has 0 aliphatic carbocycles. The minimum Gasteiger partial charge on any atom is -0.495 e. The van der Waals surface area contributed by atoms with Gasteiger partial charge in [-0.3, -0.25) is 0 Å². The number of aromatic nitrogens is 1. The third-order valence-electron chi connectivity index (χ3n) is 2.68. The maximum atomic E-state index is 12.2. The Balaban J connectivity index is 2.24. The van der Waals surface area contributed by atoms with Gasteiger partial charge in [-0.1, -0.05) is 11.2 Å². The zero-order chi connectivity index (χ0) is 14.6. The van der Waals surface area contributed by atoms with Gasteiger partial charge in [-0.15, -0.1) is 0 Å². The number of sulfonamides is 1. The molecule has 20 heavy (non-hydrogen) atoms. The number of rotatable bonds is 6. The van der Waals surface area contributed by atoms with E-state index in [-0.39, 0.29) is 17.2 Å². The highest BCUT2D eigenvalue weighted by atomic mass is 32.2. The van der Waals surface area contributed by atoms with Crippen LogP contribution in [-0.2, 0) is 23.1 Å². The Morgan fingerprint density at radius 1 is 1.40 bits per heavy atom. The SMILES string of the molecule is COc1cc(CN)ccc1S(=O)(=O)NCc1ccno1. The molecule has 2 aromatic rings. The summed E-state index contributed by atoms with van der Waals surface area (Å²) in [6.07, 6.45) is 1.44. The van der Waals surface area contributed by atoms with Crippen LogP contribution in [0.4, 0.5) is 0 Å². The van der Waals surface area contributed by atoms with Crippen LogP contribution in [0, 0.1) is 0 Å². The van der Waals surface area contributed by atoms with Crippen LogP contribution in [0.3, 0.4) is 0 Å². The Morgan fingerprint density at radius 2 is 2.20 bits per heavy atom. The number of methoxy groups -OCH3 is 1. The predicted octanol–water partition coefficient (Wildman–Crippen LogP) is 0.620. The Labute approximate surface area is 116 Å². The fraction of sp³-hybridized carbons (Fsp3) is 0.250. The first-order valence-electron chi connectivity index (χ1n) is 5.83. The molecule has 1 aromatic heterocycles. The van der Waals surface area contributed by atoms with Gasteiger partial charge in [0.15, 0.2) is 5.76 Å². The van der Waals surface area contributed by atoms with Crippen LogP contribution in [-0.4, -0.2) is 20.7 Å². The normalized spacial score (nSPS) is 11.5. The standard InChI is InChI=1S/C12H15N3O4S/c1-18-11-6-9(7-13)2-3-12(11)20(16,17)15-8-10-4-5-14-19-10/h2-6,15H,7-8,13H2,1H3. The van der Waals surface area contributed by atoms with Crippen LogP contribution in [0.5, 0.6) is 5.75 Å². The number of nitrogens with zero attached hydrogens (tertiary/aromatic N) is 1. The van der Waals surface area contributed by atoms with E-state index in [4.69, 9.17) is 15.0 Å². The molecular weight excluding hydrogens is 282 g/mol. The van der Waals surface area contributed by atoms with E-state index in [1.165, 1.54) is 19.4 Å². The Hall–Kier alpha value is -1.90. The molecule has 0 bridgehead atoms. The largest absolute Gasteiger partial charge is 0.495 e. The van der Waals surface area contributed by atoms with Crippen molar-refractivity contribution in [1.29, 1.82) is 0 Å². The number of nitrogens with two attached hydrogens (primary N) is 1. The highest BCUT2D eigenvalue weighted by Crippen LogP contribution is 2.24. The molecule has 0 unspecified atom stereocenters. The van der Waals surface area contributed by atoms with Gasteiger partial charge in [0.25, 0.3) is 0 Å². The monoisotopic (exact) mass is 297 g/mol. The van der Waals surface area contributed by atoms with Gasteiger partial charge in [0.2, 0.25) is 10.0 Å². The molecule has 0 radical (unpaired) electrons. The predicted molar refractivity (Wildman–Crippen MR) is 71.4 cm³/mol. The second kappa shape index (κ2) is 6.04. The van der Waals surface area contributed by atoms with Gasteiger partial charge in [0, 0.05) is 12.6 Å². The minimum absolute atomic E-state index is 0.0180. The summed E-state index contributed by atoms with van der Waals surface area (Å²) in [5.41, 5.74) is 6.30. The molecule has 108 valence electrons. The average Bonchev–Trinajstić information content (AvgIpc) is 2.97. The van der Waals surface area contributed by atoms with E-state index in [0.717, 1.165) is 5.56 Å². The zero-order valence-electron chi connectivity index (χ0n) is 10.9. The molecule has 3 N–H and O–H groups in total. The molecule has 0 aliphatic heterocycles. The summed E-state index contributed by atoms with van der Waals surface area (Å²) in [6, 6.07) is 6.29. The third-order valence-corrected chi connectivity index (χ3v) is 4.12. The first kappa shape index (κ1) is 14.5. The summed E-state index contributed by atoms with van der Waals surface area (Å²) in [5, 5.41) is 3.50. The van der Waals surface area contributed by atoms with Crippen molar-refractivity contribution in [2.24, 2.45) is 5.73 Å². The number of benzene rings is 1. The van der Waals surface area contributed by atoms with Gasteiger partial charge in [-0.2, -0.15) is 0 Å². The molecule has 7 nitrogen and oxygen atoms in total. The maximum absolute atomic E-state index is 12.2. The summed E-state index contributed by atoms with van der Waals surface area (Å²) in [5.74, 6) is 0.671. The number of nitrogens with one attached hydrogen (secondary N) is 1. The van der Waals surface area contributed by atoms with Crippen molar-refractivity contribution in [2.45, 2.75) is 18.0 Å². The van der Waals surface area contributed by atoms with Crippen molar-refractivity contribution < 1.29 is 17.7 Å². The molecule has 8 heteroatoms. The lowest BCUT2D eigenvalue weighted by Crippen LogP contribution is -2.23. The van der Waals surface area contributed by atoms with Crippen LogP contribution >= 0.6 is 0 Å². The van der Waals surface area contributed by atoms with Gasteiger partial charge in [-0.05, 0) is 17.7 Å². The summed E-state index contributed by atoms with van der Waals surface area (Å²) in [6.45, 7) is 0.326. The Kier molecular flexibility index (Phi) is 4.38. The first-order valence-corrected chi connectivity index (χ1v) is 7.31. The summed E-state index contributed by atoms with van der Waals surface area (Å²) < 4.78 is 36.8. The van der Waals surface area contributed by atoms with Crippen molar-refractivity contribution in [3.63, 3.8) is 0 Å². The van der Waals surface area contributed by atoms with Crippen molar-refractivity contribution in [3.05, 3.63) is 41.8 Å². The van der Waals surface area contributed by atoms with Crippen LogP contribution in [0.2, 0.25) is 0 Å². The van der Waals surface area contributed by atoms with Crippen molar-refractivity contribution in [1.82, 2.24) is 9.88 Å². The van der Waals surface area contributed by atoms with Gasteiger partial charge in [-0.25, -0.2) is 13.1 Å². The van der Waals surface area contributed by atoms with Crippen molar-refractivity contribution in [3.8, 4) is 5.75 Å². The fourth-order valence-corrected chi connectivity index (χ4v) is 2.78. The highest BCUT2D eigenvalue weighted by molar-refractivity contribution is 7.89. The molecular formula is C12H15N3O4S. The molecule has 0 fully saturated rings. The lowest BCUT2D eigenvalue weighted by Gasteiger charge is -2.11.